The molecule has 0 aliphatic heterocycles. The second kappa shape index (κ2) is 5.77. The van der Waals surface area contributed by atoms with E-state index in [9.17, 15) is 27.3 Å². The van der Waals surface area contributed by atoms with Crippen LogP contribution in [-0.2, 0) is 10.0 Å². The van der Waals surface area contributed by atoms with Crippen molar-refractivity contribution in [1.82, 2.24) is 4.72 Å². The van der Waals surface area contributed by atoms with E-state index in [4.69, 9.17) is 5.73 Å². The third-order valence-electron chi connectivity index (χ3n) is 2.56. The van der Waals surface area contributed by atoms with Gasteiger partial charge in [-0.05, 0) is 13.0 Å². The lowest BCUT2D eigenvalue weighted by Gasteiger charge is -2.15. The van der Waals surface area contributed by atoms with Gasteiger partial charge in [0.15, 0.2) is 0 Å². The third-order valence-corrected chi connectivity index (χ3v) is 4.11. The predicted molar refractivity (Wildman–Crippen MR) is 67.0 cm³/mol. The van der Waals surface area contributed by atoms with Crippen LogP contribution in [0.4, 0.5) is 14.5 Å². The summed E-state index contributed by atoms with van der Waals surface area (Å²) in [6.07, 6.45) is 0. The Balaban J connectivity index is 3.11. The first-order valence-corrected chi connectivity index (χ1v) is 6.90. The fraction of sp³-hybridized carbons (Fsp3) is 0.400. The molecular formula is C10H13F2N3O4S. The minimum absolute atomic E-state index is 0.124. The molecule has 1 aromatic rings. The zero-order valence-electron chi connectivity index (χ0n) is 10.5. The molecule has 0 spiro atoms. The number of sulfonamides is 1. The number of nitrogens with one attached hydrogen (secondary N) is 1. The molecule has 0 unspecified atom stereocenters. The monoisotopic (exact) mass is 309 g/mol. The highest BCUT2D eigenvalue weighted by molar-refractivity contribution is 7.89. The van der Waals surface area contributed by atoms with Crippen molar-refractivity contribution < 1.29 is 22.1 Å². The highest BCUT2D eigenvalue weighted by Crippen LogP contribution is 2.24. The topological polar surface area (TPSA) is 115 Å². The SMILES string of the molecule is Cc1c([N+](=O)[O-])cccc1S(=O)(=O)NCC(F)(F)CN. The van der Waals surface area contributed by atoms with E-state index in [1.165, 1.54) is 13.0 Å². The van der Waals surface area contributed by atoms with Crippen LogP contribution in [0.15, 0.2) is 23.1 Å². The Morgan fingerprint density at radius 3 is 2.55 bits per heavy atom. The summed E-state index contributed by atoms with van der Waals surface area (Å²) in [5.74, 6) is -3.39. The van der Waals surface area contributed by atoms with Crippen LogP contribution in [0.25, 0.3) is 0 Å². The standard InChI is InChI=1S/C10H13F2N3O4S/c1-7-8(15(16)17)3-2-4-9(7)20(18,19)14-6-10(11,12)5-13/h2-4,14H,5-6,13H2,1H3. The molecule has 0 aromatic heterocycles. The van der Waals surface area contributed by atoms with Crippen LogP contribution in [-0.4, -0.2) is 32.4 Å². The number of rotatable bonds is 6. The second-order valence-corrected chi connectivity index (χ2v) is 5.78. The largest absolute Gasteiger partial charge is 0.325 e. The molecule has 1 aromatic carbocycles. The Labute approximate surface area is 114 Å². The first kappa shape index (κ1) is 16.4. The van der Waals surface area contributed by atoms with Crippen molar-refractivity contribution in [1.29, 1.82) is 0 Å². The summed E-state index contributed by atoms with van der Waals surface area (Å²) in [7, 11) is -4.28. The maximum atomic E-state index is 12.9. The van der Waals surface area contributed by atoms with E-state index in [-0.39, 0.29) is 5.56 Å². The molecule has 0 aliphatic rings. The Kier molecular flexibility index (Phi) is 4.73. The predicted octanol–water partition coefficient (Wildman–Crippen LogP) is 0.776. The number of halogens is 2. The average molecular weight is 309 g/mol. The highest BCUT2D eigenvalue weighted by atomic mass is 32.2. The molecule has 0 amide bonds. The zero-order chi connectivity index (χ0) is 15.6. The fourth-order valence-corrected chi connectivity index (χ4v) is 2.76. The van der Waals surface area contributed by atoms with E-state index in [1.807, 2.05) is 0 Å². The number of hydrogen-bond donors (Lipinski definition) is 2. The molecule has 0 saturated heterocycles. The van der Waals surface area contributed by atoms with Crippen LogP contribution in [0, 0.1) is 17.0 Å². The number of alkyl halides is 2. The van der Waals surface area contributed by atoms with Crippen LogP contribution >= 0.6 is 0 Å². The lowest BCUT2D eigenvalue weighted by molar-refractivity contribution is -0.385. The quantitative estimate of drug-likeness (QED) is 0.595. The summed E-state index contributed by atoms with van der Waals surface area (Å²) in [6.45, 7) is -0.953. The van der Waals surface area contributed by atoms with E-state index >= 15 is 0 Å². The minimum atomic E-state index is -4.28. The Morgan fingerprint density at radius 2 is 2.05 bits per heavy atom. The number of nitro benzene ring substituents is 1. The molecule has 1 rings (SSSR count). The van der Waals surface area contributed by atoms with Crippen LogP contribution in [0.5, 0.6) is 0 Å². The van der Waals surface area contributed by atoms with Gasteiger partial charge in [0.1, 0.15) is 0 Å². The van der Waals surface area contributed by atoms with Gasteiger partial charge in [-0.2, -0.15) is 0 Å². The molecule has 0 aliphatic carbocycles. The van der Waals surface area contributed by atoms with Crippen molar-refractivity contribution in [2.45, 2.75) is 17.7 Å². The van der Waals surface area contributed by atoms with E-state index in [0.717, 1.165) is 12.1 Å². The van der Waals surface area contributed by atoms with Crippen molar-refractivity contribution in [3.05, 3.63) is 33.9 Å². The number of nitro groups is 1. The third kappa shape index (κ3) is 3.68. The molecule has 112 valence electrons. The summed E-state index contributed by atoms with van der Waals surface area (Å²) in [5, 5.41) is 10.7. The maximum absolute atomic E-state index is 12.9. The molecule has 0 bridgehead atoms. The highest BCUT2D eigenvalue weighted by Gasteiger charge is 2.30. The van der Waals surface area contributed by atoms with Crippen molar-refractivity contribution in [2.75, 3.05) is 13.1 Å². The first-order chi connectivity index (χ1) is 9.10. The van der Waals surface area contributed by atoms with Crippen LogP contribution < -0.4 is 10.5 Å². The van der Waals surface area contributed by atoms with Gasteiger partial charge < -0.3 is 5.73 Å². The Morgan fingerprint density at radius 1 is 1.45 bits per heavy atom. The van der Waals surface area contributed by atoms with Gasteiger partial charge >= 0.3 is 0 Å². The normalized spacial score (nSPS) is 12.4. The van der Waals surface area contributed by atoms with Crippen molar-refractivity contribution in [3.8, 4) is 0 Å². The van der Waals surface area contributed by atoms with Gasteiger partial charge in [0.2, 0.25) is 10.0 Å². The van der Waals surface area contributed by atoms with Gasteiger partial charge in [0.25, 0.3) is 11.6 Å². The molecule has 0 atom stereocenters. The zero-order valence-corrected chi connectivity index (χ0v) is 11.3. The summed E-state index contributed by atoms with van der Waals surface area (Å²) in [4.78, 5) is 9.55. The van der Waals surface area contributed by atoms with Crippen LogP contribution in [0.3, 0.4) is 0 Å². The van der Waals surface area contributed by atoms with Gasteiger partial charge in [0, 0.05) is 11.6 Å². The number of benzene rings is 1. The molecule has 0 heterocycles. The summed E-state index contributed by atoms with van der Waals surface area (Å²) in [5.41, 5.74) is 4.27. The van der Waals surface area contributed by atoms with Crippen molar-refractivity contribution in [2.24, 2.45) is 5.73 Å². The Hall–Kier alpha value is -1.65. The van der Waals surface area contributed by atoms with Crippen molar-refractivity contribution >= 4 is 15.7 Å². The smallest absolute Gasteiger partial charge is 0.273 e. The molecular weight excluding hydrogens is 296 g/mol. The first-order valence-electron chi connectivity index (χ1n) is 5.42. The van der Waals surface area contributed by atoms with E-state index in [0.29, 0.717) is 0 Å². The van der Waals surface area contributed by atoms with Gasteiger partial charge in [-0.25, -0.2) is 21.9 Å². The Bertz CT molecular complexity index is 619. The van der Waals surface area contributed by atoms with E-state index in [1.54, 1.807) is 4.72 Å². The summed E-state index contributed by atoms with van der Waals surface area (Å²) >= 11 is 0. The van der Waals surface area contributed by atoms with Crippen LogP contribution in [0.2, 0.25) is 0 Å². The molecule has 0 saturated carbocycles. The average Bonchev–Trinajstić information content (AvgIpc) is 2.36. The second-order valence-electron chi connectivity index (χ2n) is 4.04. The lowest BCUT2D eigenvalue weighted by atomic mass is 10.2. The fourth-order valence-electron chi connectivity index (χ4n) is 1.44. The van der Waals surface area contributed by atoms with Gasteiger partial charge in [-0.15, -0.1) is 0 Å². The van der Waals surface area contributed by atoms with Crippen molar-refractivity contribution in [3.63, 3.8) is 0 Å². The van der Waals surface area contributed by atoms with Crippen LogP contribution in [0.1, 0.15) is 5.56 Å². The number of nitrogens with zero attached hydrogens (tertiary/aromatic N) is 1. The molecule has 7 nitrogen and oxygen atoms in total. The number of nitrogens with two attached hydrogens (primary N) is 1. The lowest BCUT2D eigenvalue weighted by Crippen LogP contribution is -2.41. The molecule has 10 heteroatoms. The maximum Gasteiger partial charge on any atom is 0.273 e. The minimum Gasteiger partial charge on any atom is -0.325 e. The van der Waals surface area contributed by atoms with E-state index < -0.39 is 44.5 Å². The van der Waals surface area contributed by atoms with E-state index in [2.05, 4.69) is 0 Å². The number of hydrogen-bond acceptors (Lipinski definition) is 5. The molecule has 3 N–H and O–H groups in total. The summed E-state index contributed by atoms with van der Waals surface area (Å²) in [6, 6.07) is 3.40. The molecule has 20 heavy (non-hydrogen) atoms. The van der Waals surface area contributed by atoms with Gasteiger partial charge in [-0.3, -0.25) is 10.1 Å². The summed E-state index contributed by atoms with van der Waals surface area (Å²) < 4.78 is 51.4. The van der Waals surface area contributed by atoms with Gasteiger partial charge in [-0.1, -0.05) is 6.07 Å². The molecule has 0 radical (unpaired) electrons. The molecule has 0 fully saturated rings. The van der Waals surface area contributed by atoms with Gasteiger partial charge in [0.05, 0.1) is 22.9 Å².